The van der Waals surface area contributed by atoms with E-state index in [9.17, 15) is 9.18 Å². The number of methoxy groups -OCH3 is 1. The molecule has 106 valence electrons. The average molecular weight is 297 g/mol. The molecule has 2 rings (SSSR count). The number of hydrogen-bond acceptors (Lipinski definition) is 5. The number of aryl methyl sites for hydroxylation is 1. The normalized spacial score (nSPS) is 10.6. The van der Waals surface area contributed by atoms with Crippen LogP contribution in [-0.2, 0) is 4.79 Å². The molecule has 0 radical (unpaired) electrons. The van der Waals surface area contributed by atoms with Gasteiger partial charge in [-0.25, -0.2) is 4.39 Å². The molecule has 0 aliphatic heterocycles. The van der Waals surface area contributed by atoms with E-state index in [0.717, 1.165) is 11.8 Å². The van der Waals surface area contributed by atoms with Crippen LogP contribution < -0.4 is 4.74 Å². The zero-order chi connectivity index (χ0) is 14.7. The molecule has 1 aromatic carbocycles. The molecule has 8 heteroatoms. The van der Waals surface area contributed by atoms with Gasteiger partial charge in [0.15, 0.2) is 16.7 Å². The summed E-state index contributed by atoms with van der Waals surface area (Å²) in [5, 5.41) is 16.9. The molecule has 0 unspecified atom stereocenters. The Labute approximate surface area is 118 Å². The maximum absolute atomic E-state index is 13.7. The molecule has 1 aromatic heterocycles. The van der Waals surface area contributed by atoms with E-state index in [0.29, 0.717) is 16.7 Å². The van der Waals surface area contributed by atoms with E-state index in [1.54, 1.807) is 17.6 Å². The lowest BCUT2D eigenvalue weighted by Gasteiger charge is -2.09. The number of carbonyl (C=O) groups is 1. The number of aromatic nitrogens is 3. The Morgan fingerprint density at radius 2 is 2.25 bits per heavy atom. The molecular weight excluding hydrogens is 285 g/mol. The van der Waals surface area contributed by atoms with Gasteiger partial charge in [0.2, 0.25) is 0 Å². The minimum absolute atomic E-state index is 0.138. The monoisotopic (exact) mass is 297 g/mol. The van der Waals surface area contributed by atoms with Crippen LogP contribution in [0.4, 0.5) is 4.39 Å². The van der Waals surface area contributed by atoms with Gasteiger partial charge in [0.1, 0.15) is 5.82 Å². The maximum atomic E-state index is 13.7. The number of carboxylic acid groups (broad SMARTS) is 1. The summed E-state index contributed by atoms with van der Waals surface area (Å²) < 4.78 is 20.2. The van der Waals surface area contributed by atoms with E-state index in [-0.39, 0.29) is 11.5 Å². The number of thioether (sulfide) groups is 1. The summed E-state index contributed by atoms with van der Waals surface area (Å²) in [7, 11) is 1.39. The highest BCUT2D eigenvalue weighted by atomic mass is 32.2. The van der Waals surface area contributed by atoms with Gasteiger partial charge in [0.05, 0.1) is 18.6 Å². The van der Waals surface area contributed by atoms with Gasteiger partial charge in [-0.15, -0.1) is 10.2 Å². The molecule has 1 N–H and O–H groups in total. The summed E-state index contributed by atoms with van der Waals surface area (Å²) in [6.07, 6.45) is 0. The molecule has 20 heavy (non-hydrogen) atoms. The summed E-state index contributed by atoms with van der Waals surface area (Å²) in [5.74, 6) is -0.923. The van der Waals surface area contributed by atoms with Crippen molar-refractivity contribution < 1.29 is 19.0 Å². The second-order valence-corrected chi connectivity index (χ2v) is 4.81. The molecule has 6 nitrogen and oxygen atoms in total. The Bertz CT molecular complexity index is 645. The number of ether oxygens (including phenoxy) is 1. The van der Waals surface area contributed by atoms with Crippen molar-refractivity contribution in [2.24, 2.45) is 0 Å². The van der Waals surface area contributed by atoms with Gasteiger partial charge in [0.25, 0.3) is 0 Å². The van der Waals surface area contributed by atoms with E-state index in [1.807, 2.05) is 0 Å². The van der Waals surface area contributed by atoms with Crippen molar-refractivity contribution in [3.63, 3.8) is 0 Å². The molecule has 0 saturated carbocycles. The maximum Gasteiger partial charge on any atom is 0.313 e. The van der Waals surface area contributed by atoms with Crippen molar-refractivity contribution in [3.05, 3.63) is 29.8 Å². The fraction of sp³-hybridized carbons (Fsp3) is 0.250. The van der Waals surface area contributed by atoms with Crippen LogP contribution in [0.1, 0.15) is 5.82 Å². The molecule has 0 atom stereocenters. The van der Waals surface area contributed by atoms with Crippen LogP contribution in [0.5, 0.6) is 5.75 Å². The van der Waals surface area contributed by atoms with Gasteiger partial charge in [-0.05, 0) is 19.1 Å². The molecule has 0 fully saturated rings. The first-order valence-corrected chi connectivity index (χ1v) is 6.62. The van der Waals surface area contributed by atoms with Crippen molar-refractivity contribution >= 4 is 17.7 Å². The van der Waals surface area contributed by atoms with Crippen LogP contribution in [-0.4, -0.2) is 38.7 Å². The SMILES string of the molecule is COc1ccc(-n2c(C)nnc2SCC(=O)O)cc1F. The minimum Gasteiger partial charge on any atom is -0.494 e. The number of benzene rings is 1. The van der Waals surface area contributed by atoms with Gasteiger partial charge in [-0.1, -0.05) is 11.8 Å². The summed E-state index contributed by atoms with van der Waals surface area (Å²) in [6, 6.07) is 4.44. The van der Waals surface area contributed by atoms with Crippen molar-refractivity contribution in [1.29, 1.82) is 0 Å². The summed E-state index contributed by atoms with van der Waals surface area (Å²) in [5.41, 5.74) is 0.513. The average Bonchev–Trinajstić information content (AvgIpc) is 2.77. The Hall–Kier alpha value is -2.09. The van der Waals surface area contributed by atoms with Crippen molar-refractivity contribution in [2.75, 3.05) is 12.9 Å². The van der Waals surface area contributed by atoms with Crippen LogP contribution in [0, 0.1) is 12.7 Å². The lowest BCUT2D eigenvalue weighted by molar-refractivity contribution is -0.133. The van der Waals surface area contributed by atoms with E-state index in [4.69, 9.17) is 9.84 Å². The van der Waals surface area contributed by atoms with E-state index >= 15 is 0 Å². The summed E-state index contributed by atoms with van der Waals surface area (Å²) in [4.78, 5) is 10.6. The second-order valence-electron chi connectivity index (χ2n) is 3.87. The first-order chi connectivity index (χ1) is 9.52. The van der Waals surface area contributed by atoms with Gasteiger partial charge in [-0.2, -0.15) is 0 Å². The number of hydrogen-bond donors (Lipinski definition) is 1. The molecule has 0 aliphatic carbocycles. The molecule has 0 aliphatic rings. The van der Waals surface area contributed by atoms with Crippen LogP contribution in [0.15, 0.2) is 23.4 Å². The highest BCUT2D eigenvalue weighted by molar-refractivity contribution is 7.99. The van der Waals surface area contributed by atoms with Crippen LogP contribution in [0.25, 0.3) is 5.69 Å². The zero-order valence-electron chi connectivity index (χ0n) is 10.8. The fourth-order valence-electron chi connectivity index (χ4n) is 1.65. The predicted octanol–water partition coefficient (Wildman–Crippen LogP) is 1.90. The lowest BCUT2D eigenvalue weighted by atomic mass is 10.3. The molecule has 1 heterocycles. The Kier molecular flexibility index (Phi) is 4.23. The highest BCUT2D eigenvalue weighted by Crippen LogP contribution is 2.25. The van der Waals surface area contributed by atoms with Crippen molar-refractivity contribution in [3.8, 4) is 11.4 Å². The third kappa shape index (κ3) is 2.90. The quantitative estimate of drug-likeness (QED) is 0.849. The van der Waals surface area contributed by atoms with Gasteiger partial charge >= 0.3 is 5.97 Å². The lowest BCUT2D eigenvalue weighted by Crippen LogP contribution is -2.03. The summed E-state index contributed by atoms with van der Waals surface area (Å²) >= 11 is 1.02. The Morgan fingerprint density at radius 3 is 2.85 bits per heavy atom. The molecule has 0 saturated heterocycles. The predicted molar refractivity (Wildman–Crippen MR) is 71.0 cm³/mol. The first kappa shape index (κ1) is 14.3. The second kappa shape index (κ2) is 5.91. The van der Waals surface area contributed by atoms with E-state index in [1.165, 1.54) is 19.2 Å². The fourth-order valence-corrected chi connectivity index (χ4v) is 2.37. The highest BCUT2D eigenvalue weighted by Gasteiger charge is 2.14. The van der Waals surface area contributed by atoms with E-state index in [2.05, 4.69) is 10.2 Å². The van der Waals surface area contributed by atoms with Crippen LogP contribution >= 0.6 is 11.8 Å². The third-order valence-corrected chi connectivity index (χ3v) is 3.43. The number of carboxylic acids is 1. The minimum atomic E-state index is -0.955. The number of nitrogens with zero attached hydrogens (tertiary/aromatic N) is 3. The van der Waals surface area contributed by atoms with Crippen LogP contribution in [0.2, 0.25) is 0 Å². The van der Waals surface area contributed by atoms with Gasteiger partial charge in [-0.3, -0.25) is 9.36 Å². The molecule has 2 aromatic rings. The smallest absolute Gasteiger partial charge is 0.313 e. The zero-order valence-corrected chi connectivity index (χ0v) is 11.6. The van der Waals surface area contributed by atoms with Gasteiger partial charge in [0, 0.05) is 6.07 Å². The van der Waals surface area contributed by atoms with Crippen molar-refractivity contribution in [1.82, 2.24) is 14.8 Å². The molecule has 0 bridgehead atoms. The standard InChI is InChI=1S/C12H12FN3O3S/c1-7-14-15-12(20-6-11(17)18)16(7)8-3-4-10(19-2)9(13)5-8/h3-5H,6H2,1-2H3,(H,17,18). The van der Waals surface area contributed by atoms with Gasteiger partial charge < -0.3 is 9.84 Å². The Balaban J connectivity index is 2.39. The molecular formula is C12H12FN3O3S. The number of halogens is 1. The third-order valence-electron chi connectivity index (χ3n) is 2.51. The number of rotatable bonds is 5. The first-order valence-electron chi connectivity index (χ1n) is 5.63. The Morgan fingerprint density at radius 1 is 1.50 bits per heavy atom. The van der Waals surface area contributed by atoms with E-state index < -0.39 is 11.8 Å². The van der Waals surface area contributed by atoms with Crippen LogP contribution in [0.3, 0.4) is 0 Å². The molecule has 0 amide bonds. The largest absolute Gasteiger partial charge is 0.494 e. The topological polar surface area (TPSA) is 77.2 Å². The van der Waals surface area contributed by atoms with Crippen molar-refractivity contribution in [2.45, 2.75) is 12.1 Å². The molecule has 0 spiro atoms. The number of aliphatic carboxylic acids is 1. The summed E-state index contributed by atoms with van der Waals surface area (Å²) in [6.45, 7) is 1.71.